The molecule has 5 nitrogen and oxygen atoms in total. The van der Waals surface area contributed by atoms with E-state index in [-0.39, 0.29) is 11.9 Å². The fourth-order valence-corrected chi connectivity index (χ4v) is 3.47. The Morgan fingerprint density at radius 3 is 2.74 bits per heavy atom. The predicted octanol–water partition coefficient (Wildman–Crippen LogP) is 2.60. The molecule has 1 fully saturated rings. The Balaban J connectivity index is 1.40. The van der Waals surface area contributed by atoms with Crippen molar-refractivity contribution in [3.8, 4) is 0 Å². The molecule has 1 saturated carbocycles. The quantitative estimate of drug-likeness (QED) is 0.897. The molecule has 3 rings (SSSR count). The Morgan fingerprint density at radius 2 is 1.91 bits per heavy atom. The van der Waals surface area contributed by atoms with Crippen LogP contribution in [0.3, 0.4) is 0 Å². The van der Waals surface area contributed by atoms with Gasteiger partial charge in [-0.2, -0.15) is 0 Å². The molecule has 1 aromatic carbocycles. The number of fused-ring (bicyclic) bond motifs is 1. The summed E-state index contributed by atoms with van der Waals surface area (Å²) in [5, 5.41) is 5.93. The first kappa shape index (κ1) is 15.8. The summed E-state index contributed by atoms with van der Waals surface area (Å²) in [6, 6.07) is 8.19. The minimum atomic E-state index is -0.111. The van der Waals surface area contributed by atoms with Crippen LogP contribution in [0.25, 0.3) is 0 Å². The number of hydrogen-bond acceptors (Lipinski definition) is 2. The first-order chi connectivity index (χ1) is 11.2. The van der Waals surface area contributed by atoms with Crippen molar-refractivity contribution >= 4 is 17.6 Å². The van der Waals surface area contributed by atoms with Crippen LogP contribution in [-0.4, -0.2) is 31.1 Å². The molecule has 23 heavy (non-hydrogen) atoms. The summed E-state index contributed by atoms with van der Waals surface area (Å²) in [6.45, 7) is 1.09. The summed E-state index contributed by atoms with van der Waals surface area (Å²) >= 11 is 0. The van der Waals surface area contributed by atoms with Crippen LogP contribution in [0.5, 0.6) is 0 Å². The number of carbonyl (C=O) groups is 2. The molecular weight excluding hydrogens is 290 g/mol. The Labute approximate surface area is 137 Å². The highest BCUT2D eigenvalue weighted by Gasteiger charge is 2.24. The minimum Gasteiger partial charge on any atom is -0.353 e. The van der Waals surface area contributed by atoms with E-state index in [4.69, 9.17) is 0 Å². The van der Waals surface area contributed by atoms with Crippen molar-refractivity contribution in [2.24, 2.45) is 0 Å². The van der Waals surface area contributed by atoms with Crippen LogP contribution in [-0.2, 0) is 11.2 Å². The van der Waals surface area contributed by atoms with Gasteiger partial charge in [-0.25, -0.2) is 4.79 Å². The van der Waals surface area contributed by atoms with E-state index in [2.05, 4.69) is 16.7 Å². The van der Waals surface area contributed by atoms with E-state index in [0.29, 0.717) is 25.6 Å². The fraction of sp³-hybridized carbons (Fsp3) is 0.556. The Hall–Kier alpha value is -2.04. The number of carbonyl (C=O) groups excluding carboxylic acids is 2. The minimum absolute atomic E-state index is 0.0408. The number of nitrogens with zero attached hydrogens (tertiary/aromatic N) is 1. The molecule has 3 amide bonds. The standard InChI is InChI=1S/C18H25N3O2/c22-17(20-15-7-2-1-3-8-15)10-12-19-18(23)21-13-11-14-6-4-5-9-16(14)21/h4-6,9,15H,1-3,7-8,10-13H2,(H,19,23)(H,20,22). The summed E-state index contributed by atoms with van der Waals surface area (Å²) in [5.41, 5.74) is 2.19. The number of urea groups is 1. The lowest BCUT2D eigenvalue weighted by Gasteiger charge is -2.23. The highest BCUT2D eigenvalue weighted by atomic mass is 16.2. The number of rotatable bonds is 4. The normalized spacial score (nSPS) is 17.7. The predicted molar refractivity (Wildman–Crippen MR) is 90.5 cm³/mol. The molecule has 0 unspecified atom stereocenters. The van der Waals surface area contributed by atoms with Crippen LogP contribution >= 0.6 is 0 Å². The number of hydrogen-bond donors (Lipinski definition) is 2. The highest BCUT2D eigenvalue weighted by Crippen LogP contribution is 2.27. The monoisotopic (exact) mass is 315 g/mol. The summed E-state index contributed by atoms with van der Waals surface area (Å²) < 4.78 is 0. The van der Waals surface area contributed by atoms with E-state index in [1.807, 2.05) is 18.2 Å². The van der Waals surface area contributed by atoms with Crippen LogP contribution in [0.2, 0.25) is 0 Å². The Bertz CT molecular complexity index is 567. The lowest BCUT2D eigenvalue weighted by atomic mass is 9.95. The summed E-state index contributed by atoms with van der Waals surface area (Å²) in [7, 11) is 0. The SMILES string of the molecule is O=C(CCNC(=O)N1CCc2ccccc21)NC1CCCCC1. The molecule has 0 spiro atoms. The molecule has 0 aromatic heterocycles. The molecule has 1 heterocycles. The van der Waals surface area contributed by atoms with Gasteiger partial charge in [0.25, 0.3) is 0 Å². The number of nitrogens with one attached hydrogen (secondary N) is 2. The zero-order valence-corrected chi connectivity index (χ0v) is 13.5. The van der Waals surface area contributed by atoms with Gasteiger partial charge in [-0.3, -0.25) is 9.69 Å². The van der Waals surface area contributed by atoms with Crippen molar-refractivity contribution < 1.29 is 9.59 Å². The molecule has 2 N–H and O–H groups in total. The Morgan fingerprint density at radius 1 is 1.13 bits per heavy atom. The van der Waals surface area contributed by atoms with Gasteiger partial charge in [0.2, 0.25) is 5.91 Å². The van der Waals surface area contributed by atoms with E-state index < -0.39 is 0 Å². The molecule has 1 aromatic rings. The van der Waals surface area contributed by atoms with Gasteiger partial charge in [0.1, 0.15) is 0 Å². The molecule has 0 saturated heterocycles. The molecule has 1 aliphatic heterocycles. The molecule has 2 aliphatic rings. The zero-order chi connectivity index (χ0) is 16.1. The van der Waals surface area contributed by atoms with Crippen molar-refractivity contribution in [1.82, 2.24) is 10.6 Å². The number of para-hydroxylation sites is 1. The van der Waals surface area contributed by atoms with Crippen molar-refractivity contribution in [3.63, 3.8) is 0 Å². The van der Waals surface area contributed by atoms with Crippen LogP contribution in [0, 0.1) is 0 Å². The molecule has 1 aliphatic carbocycles. The van der Waals surface area contributed by atoms with Crippen molar-refractivity contribution in [2.75, 3.05) is 18.0 Å². The van der Waals surface area contributed by atoms with Crippen molar-refractivity contribution in [3.05, 3.63) is 29.8 Å². The zero-order valence-electron chi connectivity index (χ0n) is 13.5. The molecular formula is C18H25N3O2. The lowest BCUT2D eigenvalue weighted by molar-refractivity contribution is -0.121. The van der Waals surface area contributed by atoms with Gasteiger partial charge < -0.3 is 10.6 Å². The maximum atomic E-state index is 12.3. The maximum Gasteiger partial charge on any atom is 0.321 e. The van der Waals surface area contributed by atoms with E-state index in [1.165, 1.54) is 24.8 Å². The second-order valence-corrected chi connectivity index (χ2v) is 6.41. The molecule has 124 valence electrons. The molecule has 5 heteroatoms. The third-order valence-corrected chi connectivity index (χ3v) is 4.73. The first-order valence-electron chi connectivity index (χ1n) is 8.66. The second-order valence-electron chi connectivity index (χ2n) is 6.41. The van der Waals surface area contributed by atoms with E-state index in [9.17, 15) is 9.59 Å². The third kappa shape index (κ3) is 4.03. The summed E-state index contributed by atoms with van der Waals surface area (Å²) in [5.74, 6) is 0.0408. The van der Waals surface area contributed by atoms with Gasteiger partial charge in [-0.1, -0.05) is 37.5 Å². The second kappa shape index (κ2) is 7.49. The maximum absolute atomic E-state index is 12.3. The van der Waals surface area contributed by atoms with Crippen LogP contribution in [0.15, 0.2) is 24.3 Å². The third-order valence-electron chi connectivity index (χ3n) is 4.73. The first-order valence-corrected chi connectivity index (χ1v) is 8.66. The van der Waals surface area contributed by atoms with E-state index in [0.717, 1.165) is 24.9 Å². The van der Waals surface area contributed by atoms with E-state index >= 15 is 0 Å². The number of anilines is 1. The van der Waals surface area contributed by atoms with Gasteiger partial charge in [0.05, 0.1) is 0 Å². The average molecular weight is 315 g/mol. The topological polar surface area (TPSA) is 61.4 Å². The van der Waals surface area contributed by atoms with Gasteiger partial charge in [-0.15, -0.1) is 0 Å². The molecule has 0 atom stereocenters. The van der Waals surface area contributed by atoms with Gasteiger partial charge >= 0.3 is 6.03 Å². The highest BCUT2D eigenvalue weighted by molar-refractivity contribution is 5.94. The summed E-state index contributed by atoms with van der Waals surface area (Å²) in [4.78, 5) is 26.0. The van der Waals surface area contributed by atoms with Crippen LogP contribution < -0.4 is 15.5 Å². The van der Waals surface area contributed by atoms with Crippen molar-refractivity contribution in [2.45, 2.75) is 51.0 Å². The molecule has 0 radical (unpaired) electrons. The average Bonchev–Trinajstić information content (AvgIpc) is 3.00. The van der Waals surface area contributed by atoms with Crippen LogP contribution in [0.1, 0.15) is 44.1 Å². The largest absolute Gasteiger partial charge is 0.353 e. The lowest BCUT2D eigenvalue weighted by Crippen LogP contribution is -2.42. The van der Waals surface area contributed by atoms with Crippen LogP contribution in [0.4, 0.5) is 10.5 Å². The van der Waals surface area contributed by atoms with Gasteiger partial charge in [0, 0.05) is 31.2 Å². The summed E-state index contributed by atoms with van der Waals surface area (Å²) in [6.07, 6.45) is 7.10. The Kier molecular flexibility index (Phi) is 5.16. The number of benzene rings is 1. The van der Waals surface area contributed by atoms with Gasteiger partial charge in [-0.05, 0) is 30.9 Å². The van der Waals surface area contributed by atoms with Gasteiger partial charge in [0.15, 0.2) is 0 Å². The smallest absolute Gasteiger partial charge is 0.321 e. The molecule has 0 bridgehead atoms. The van der Waals surface area contributed by atoms with E-state index in [1.54, 1.807) is 4.90 Å². The fourth-order valence-electron chi connectivity index (χ4n) is 3.47. The van der Waals surface area contributed by atoms with Crippen molar-refractivity contribution in [1.29, 1.82) is 0 Å². The number of amides is 3.